The molecule has 0 atom stereocenters. The van der Waals surface area contributed by atoms with Gasteiger partial charge in [-0.3, -0.25) is 0 Å². The fourth-order valence-electron chi connectivity index (χ4n) is 1.23. The van der Waals surface area contributed by atoms with E-state index in [4.69, 9.17) is 27.7 Å². The number of aromatic hydroxyl groups is 1. The van der Waals surface area contributed by atoms with Crippen molar-refractivity contribution in [3.63, 3.8) is 0 Å². The number of aryl methyl sites for hydroxylation is 1. The number of halogens is 2. The maximum absolute atomic E-state index is 9.68. The fraction of sp³-hybridized carbons (Fsp3) is 0.0909. The Morgan fingerprint density at radius 1 is 1.35 bits per heavy atom. The zero-order chi connectivity index (χ0) is 12.4. The van der Waals surface area contributed by atoms with Gasteiger partial charge in [-0.15, -0.1) is 0 Å². The largest absolute Gasteiger partial charge is 0.506 e. The molecule has 6 heteroatoms. The molecule has 0 saturated carbocycles. The number of nitrogens with zero attached hydrogens (tertiary/aromatic N) is 2. The third-order valence-electron chi connectivity index (χ3n) is 2.01. The smallest absolute Gasteiger partial charge is 0.195 e. The first kappa shape index (κ1) is 12.0. The van der Waals surface area contributed by atoms with Gasteiger partial charge in [-0.05, 0) is 19.1 Å². The summed E-state index contributed by atoms with van der Waals surface area (Å²) >= 11 is 11.6. The van der Waals surface area contributed by atoms with Crippen molar-refractivity contribution in [3.8, 4) is 5.75 Å². The molecule has 0 fully saturated rings. The molecule has 2 rings (SSSR count). The molecule has 0 saturated heterocycles. The van der Waals surface area contributed by atoms with Crippen molar-refractivity contribution in [2.75, 3.05) is 0 Å². The summed E-state index contributed by atoms with van der Waals surface area (Å²) in [4.78, 5) is 4.03. The van der Waals surface area contributed by atoms with Crippen molar-refractivity contribution in [1.29, 1.82) is 0 Å². The first-order valence-electron chi connectivity index (χ1n) is 4.71. The number of phenols is 1. The Morgan fingerprint density at radius 3 is 2.76 bits per heavy atom. The summed E-state index contributed by atoms with van der Waals surface area (Å²) in [5.74, 6) is 1.00. The lowest BCUT2D eigenvalue weighted by atomic mass is 10.2. The molecule has 1 N–H and O–H groups in total. The molecular formula is C11H8Cl2N2O2. The van der Waals surface area contributed by atoms with Crippen LogP contribution in [0.25, 0.3) is 0 Å². The predicted octanol–water partition coefficient (Wildman–Crippen LogP) is 3.75. The van der Waals surface area contributed by atoms with E-state index in [0.29, 0.717) is 22.2 Å². The molecule has 0 bridgehead atoms. The minimum absolute atomic E-state index is 0.0694. The molecule has 4 nitrogen and oxygen atoms in total. The average molecular weight is 271 g/mol. The van der Waals surface area contributed by atoms with Gasteiger partial charge in [-0.2, -0.15) is 0 Å². The van der Waals surface area contributed by atoms with Crippen LogP contribution in [0.3, 0.4) is 0 Å². The van der Waals surface area contributed by atoms with E-state index >= 15 is 0 Å². The number of hydrogen-bond donors (Lipinski definition) is 1. The van der Waals surface area contributed by atoms with Gasteiger partial charge in [0, 0.05) is 22.9 Å². The summed E-state index contributed by atoms with van der Waals surface area (Å²) in [5.41, 5.74) is 0.420. The van der Waals surface area contributed by atoms with Crippen LogP contribution >= 0.6 is 23.2 Å². The molecule has 0 amide bonds. The van der Waals surface area contributed by atoms with E-state index in [9.17, 15) is 5.11 Å². The van der Waals surface area contributed by atoms with Gasteiger partial charge in [0.05, 0.1) is 5.02 Å². The highest BCUT2D eigenvalue weighted by atomic mass is 35.5. The molecule has 1 aromatic heterocycles. The van der Waals surface area contributed by atoms with E-state index in [1.807, 2.05) is 0 Å². The Kier molecular flexibility index (Phi) is 3.36. The van der Waals surface area contributed by atoms with Crippen LogP contribution in [0.2, 0.25) is 10.0 Å². The van der Waals surface area contributed by atoms with Gasteiger partial charge < -0.3 is 9.63 Å². The van der Waals surface area contributed by atoms with E-state index in [1.165, 1.54) is 12.3 Å². The van der Waals surface area contributed by atoms with Crippen LogP contribution in [0, 0.1) is 6.92 Å². The Bertz CT molecular complexity index is 579. The van der Waals surface area contributed by atoms with Crippen LogP contribution in [0.5, 0.6) is 5.75 Å². The summed E-state index contributed by atoms with van der Waals surface area (Å²) in [6.45, 7) is 1.76. The van der Waals surface area contributed by atoms with Crippen molar-refractivity contribution >= 4 is 35.2 Å². The fourth-order valence-corrected chi connectivity index (χ4v) is 1.74. The van der Waals surface area contributed by atoms with Crippen molar-refractivity contribution < 1.29 is 9.63 Å². The zero-order valence-electron chi connectivity index (χ0n) is 8.82. The van der Waals surface area contributed by atoms with Gasteiger partial charge in [0.2, 0.25) is 0 Å². The van der Waals surface area contributed by atoms with Gasteiger partial charge >= 0.3 is 0 Å². The van der Waals surface area contributed by atoms with Gasteiger partial charge in [0.25, 0.3) is 0 Å². The standard InChI is InChI=1S/C11H8Cl2N2O2/c1-6-2-10(15-17-6)14-5-7-3-8(12)4-9(13)11(7)16/h2-5,16H,1H3. The van der Waals surface area contributed by atoms with E-state index in [1.54, 1.807) is 19.1 Å². The first-order valence-corrected chi connectivity index (χ1v) is 5.47. The maximum Gasteiger partial charge on any atom is 0.195 e. The molecule has 88 valence electrons. The van der Waals surface area contributed by atoms with Crippen LogP contribution in [-0.2, 0) is 0 Å². The minimum Gasteiger partial charge on any atom is -0.506 e. The number of aromatic nitrogens is 1. The summed E-state index contributed by atoms with van der Waals surface area (Å²) in [6.07, 6.45) is 1.42. The Morgan fingerprint density at radius 2 is 2.12 bits per heavy atom. The summed E-state index contributed by atoms with van der Waals surface area (Å²) in [7, 11) is 0. The quantitative estimate of drug-likeness (QED) is 0.846. The van der Waals surface area contributed by atoms with Crippen molar-refractivity contribution in [3.05, 3.63) is 39.6 Å². The lowest BCUT2D eigenvalue weighted by Gasteiger charge is -2.01. The molecule has 0 unspecified atom stereocenters. The van der Waals surface area contributed by atoms with Gasteiger partial charge in [0.15, 0.2) is 5.82 Å². The van der Waals surface area contributed by atoms with Crippen molar-refractivity contribution in [2.24, 2.45) is 4.99 Å². The van der Waals surface area contributed by atoms with Crippen LogP contribution in [-0.4, -0.2) is 16.5 Å². The number of hydrogen-bond acceptors (Lipinski definition) is 4. The number of rotatable bonds is 2. The lowest BCUT2D eigenvalue weighted by molar-refractivity contribution is 0.399. The minimum atomic E-state index is -0.0694. The molecule has 0 aliphatic carbocycles. The van der Waals surface area contributed by atoms with E-state index in [-0.39, 0.29) is 10.8 Å². The normalized spacial score (nSPS) is 11.2. The Balaban J connectivity index is 2.33. The van der Waals surface area contributed by atoms with Crippen LogP contribution < -0.4 is 0 Å². The topological polar surface area (TPSA) is 58.6 Å². The lowest BCUT2D eigenvalue weighted by Crippen LogP contribution is -1.83. The molecule has 17 heavy (non-hydrogen) atoms. The van der Waals surface area contributed by atoms with Gasteiger partial charge in [-0.1, -0.05) is 28.4 Å². The highest BCUT2D eigenvalue weighted by molar-refractivity contribution is 6.36. The van der Waals surface area contributed by atoms with Crippen LogP contribution in [0.1, 0.15) is 11.3 Å². The number of benzene rings is 1. The van der Waals surface area contributed by atoms with E-state index in [0.717, 1.165) is 0 Å². The number of phenolic OH excluding ortho intramolecular Hbond substituents is 1. The number of aliphatic imine (C=N–C) groups is 1. The third kappa shape index (κ3) is 2.78. The molecule has 2 aromatic rings. The second kappa shape index (κ2) is 4.77. The van der Waals surface area contributed by atoms with Crippen LogP contribution in [0.15, 0.2) is 27.7 Å². The SMILES string of the molecule is Cc1cc(N=Cc2cc(Cl)cc(Cl)c2O)no1. The maximum atomic E-state index is 9.68. The summed E-state index contributed by atoms with van der Waals surface area (Å²) < 4.78 is 4.85. The molecular weight excluding hydrogens is 263 g/mol. The molecule has 0 aliphatic heterocycles. The zero-order valence-corrected chi connectivity index (χ0v) is 10.3. The second-order valence-corrected chi connectivity index (χ2v) is 4.22. The highest BCUT2D eigenvalue weighted by Crippen LogP contribution is 2.30. The second-order valence-electron chi connectivity index (χ2n) is 3.38. The first-order chi connectivity index (χ1) is 8.06. The van der Waals surface area contributed by atoms with Gasteiger partial charge in [-0.25, -0.2) is 4.99 Å². The summed E-state index contributed by atoms with van der Waals surface area (Å²) in [5, 5.41) is 14.0. The van der Waals surface area contributed by atoms with E-state index in [2.05, 4.69) is 10.1 Å². The molecule has 1 heterocycles. The monoisotopic (exact) mass is 270 g/mol. The highest BCUT2D eigenvalue weighted by Gasteiger charge is 2.06. The Labute approximate surface area is 107 Å². The van der Waals surface area contributed by atoms with Crippen molar-refractivity contribution in [1.82, 2.24) is 5.16 Å². The molecule has 1 aromatic carbocycles. The molecule has 0 aliphatic rings. The summed E-state index contributed by atoms with van der Waals surface area (Å²) in [6, 6.07) is 4.68. The van der Waals surface area contributed by atoms with E-state index < -0.39 is 0 Å². The van der Waals surface area contributed by atoms with Gasteiger partial charge in [0.1, 0.15) is 11.5 Å². The third-order valence-corrected chi connectivity index (χ3v) is 2.52. The Hall–Kier alpha value is -1.52. The average Bonchev–Trinajstić information content (AvgIpc) is 2.67. The predicted molar refractivity (Wildman–Crippen MR) is 66.6 cm³/mol. The van der Waals surface area contributed by atoms with Crippen molar-refractivity contribution in [2.45, 2.75) is 6.92 Å². The molecule has 0 spiro atoms. The van der Waals surface area contributed by atoms with Crippen LogP contribution in [0.4, 0.5) is 5.82 Å². The molecule has 0 radical (unpaired) electrons.